The number of amides is 5. The Kier molecular flexibility index (Phi) is 9.42. The van der Waals surface area contributed by atoms with E-state index in [1.807, 2.05) is 0 Å². The molecule has 0 saturated carbocycles. The van der Waals surface area contributed by atoms with Crippen molar-refractivity contribution in [2.75, 3.05) is 26.2 Å². The monoisotopic (exact) mass is 503 g/mol. The molecule has 1 unspecified atom stereocenters. The van der Waals surface area contributed by atoms with Crippen molar-refractivity contribution in [3.05, 3.63) is 35.9 Å². The van der Waals surface area contributed by atoms with Gasteiger partial charge in [0.05, 0.1) is 13.0 Å². The molecule has 1 fully saturated rings. The van der Waals surface area contributed by atoms with Gasteiger partial charge in [-0.05, 0) is 18.4 Å². The Labute approximate surface area is 206 Å². The Morgan fingerprint density at radius 2 is 1.97 bits per heavy atom. The molecule has 14 heteroatoms. The van der Waals surface area contributed by atoms with Gasteiger partial charge in [-0.3, -0.25) is 24.3 Å². The second-order valence-corrected chi connectivity index (χ2v) is 8.08. The third-order valence-electron chi connectivity index (χ3n) is 5.26. The van der Waals surface area contributed by atoms with Crippen LogP contribution in [0, 0.1) is 0 Å². The van der Waals surface area contributed by atoms with Gasteiger partial charge in [0, 0.05) is 13.1 Å². The minimum Gasteiger partial charge on any atom is -0.481 e. The van der Waals surface area contributed by atoms with Gasteiger partial charge in [0.2, 0.25) is 5.91 Å². The topological polar surface area (TPSA) is 191 Å². The minimum absolute atomic E-state index is 0.0512. The van der Waals surface area contributed by atoms with Crippen molar-refractivity contribution in [3.8, 4) is 0 Å². The molecule has 0 radical (unpaired) electrons. The first-order valence-electron chi connectivity index (χ1n) is 11.4. The zero-order valence-electron chi connectivity index (χ0n) is 19.5. The lowest BCUT2D eigenvalue weighted by atomic mass is 10.1. The van der Waals surface area contributed by atoms with Gasteiger partial charge in [0.15, 0.2) is 5.96 Å². The molecule has 2 aliphatic rings. The zero-order chi connectivity index (χ0) is 25.9. The van der Waals surface area contributed by atoms with Crippen molar-refractivity contribution < 1.29 is 33.8 Å². The molecule has 36 heavy (non-hydrogen) atoms. The van der Waals surface area contributed by atoms with Crippen molar-refractivity contribution >= 4 is 35.9 Å². The van der Waals surface area contributed by atoms with Crippen LogP contribution >= 0.6 is 0 Å². The molecule has 194 valence electrons. The molecule has 1 aromatic carbocycles. The van der Waals surface area contributed by atoms with Gasteiger partial charge in [-0.1, -0.05) is 30.3 Å². The molecule has 5 amide bonds. The maximum absolute atomic E-state index is 12.6. The van der Waals surface area contributed by atoms with E-state index < -0.39 is 55.1 Å². The normalized spacial score (nSPS) is 17.5. The first-order valence-corrected chi connectivity index (χ1v) is 11.4. The highest BCUT2D eigenvalue weighted by molar-refractivity contribution is 6.06. The molecule has 2 heterocycles. The number of guanidine groups is 1. The molecule has 0 spiro atoms. The number of hydrogen-bond acceptors (Lipinski definition) is 9. The van der Waals surface area contributed by atoms with Crippen LogP contribution in [-0.2, 0) is 25.7 Å². The first-order chi connectivity index (χ1) is 17.3. The number of nitrogens with one attached hydrogen (secondary N) is 5. The summed E-state index contributed by atoms with van der Waals surface area (Å²) < 4.78 is 5.04. The number of carboxylic acid groups (broad SMARTS) is 1. The van der Waals surface area contributed by atoms with Crippen LogP contribution in [0.1, 0.15) is 24.8 Å². The summed E-state index contributed by atoms with van der Waals surface area (Å²) in [6.45, 7) is 1.35. The summed E-state index contributed by atoms with van der Waals surface area (Å²) >= 11 is 0. The predicted octanol–water partition coefficient (Wildman–Crippen LogP) is -0.921. The standard InChI is InChI=1S/C22H29N7O7/c30-17(27-16(11-18(31)32)28-22(35)36-13-14-5-2-1-3-6-14)12-29-19(33)15(26-21(29)34)7-4-8-23-20-24-9-10-25-20/h1-3,5-6,15-16H,4,7-13H2,(H,26,34)(H,27,30)(H,28,35)(H,31,32)(H2,23,24,25)/t15-,16?/m0/s1. The van der Waals surface area contributed by atoms with Crippen LogP contribution in [0.4, 0.5) is 9.59 Å². The summed E-state index contributed by atoms with van der Waals surface area (Å²) in [6.07, 6.45) is -1.95. The molecule has 3 rings (SSSR count). The first kappa shape index (κ1) is 26.2. The number of rotatable bonds is 12. The summed E-state index contributed by atoms with van der Waals surface area (Å²) in [4.78, 5) is 65.4. The van der Waals surface area contributed by atoms with Crippen LogP contribution in [0.15, 0.2) is 35.3 Å². The van der Waals surface area contributed by atoms with Crippen molar-refractivity contribution in [2.24, 2.45) is 4.99 Å². The highest BCUT2D eigenvalue weighted by atomic mass is 16.5. The van der Waals surface area contributed by atoms with Crippen LogP contribution in [-0.4, -0.2) is 84.3 Å². The SMILES string of the molecule is O=C(O)CC(NC(=O)CN1C(=O)N[C@@H](CCCNC2=NCCN2)C1=O)NC(=O)OCc1ccccc1. The number of carbonyl (C=O) groups is 5. The van der Waals surface area contributed by atoms with E-state index in [0.717, 1.165) is 17.0 Å². The zero-order valence-corrected chi connectivity index (χ0v) is 19.5. The summed E-state index contributed by atoms with van der Waals surface area (Å²) in [6, 6.07) is 7.33. The van der Waals surface area contributed by atoms with Crippen LogP contribution in [0.2, 0.25) is 0 Å². The Bertz CT molecular complexity index is 1000. The Morgan fingerprint density at radius 1 is 1.19 bits per heavy atom. The van der Waals surface area contributed by atoms with Gasteiger partial charge in [-0.15, -0.1) is 0 Å². The van der Waals surface area contributed by atoms with Gasteiger partial charge in [0.1, 0.15) is 25.4 Å². The average Bonchev–Trinajstić information content (AvgIpc) is 3.44. The fraction of sp³-hybridized carbons (Fsp3) is 0.455. The average molecular weight is 504 g/mol. The van der Waals surface area contributed by atoms with Gasteiger partial charge >= 0.3 is 18.1 Å². The number of nitrogens with zero attached hydrogens (tertiary/aromatic N) is 2. The molecule has 0 aromatic heterocycles. The Morgan fingerprint density at radius 3 is 2.67 bits per heavy atom. The summed E-state index contributed by atoms with van der Waals surface area (Å²) in [7, 11) is 0. The maximum Gasteiger partial charge on any atom is 0.409 e. The number of urea groups is 1. The van der Waals surface area contributed by atoms with E-state index >= 15 is 0 Å². The predicted molar refractivity (Wildman–Crippen MR) is 126 cm³/mol. The molecular weight excluding hydrogens is 474 g/mol. The summed E-state index contributed by atoms with van der Waals surface area (Å²) in [5, 5.41) is 22.4. The van der Waals surface area contributed by atoms with Gasteiger partial charge in [-0.25, -0.2) is 9.59 Å². The number of carbonyl (C=O) groups excluding carboxylic acids is 4. The fourth-order valence-corrected chi connectivity index (χ4v) is 3.55. The van der Waals surface area contributed by atoms with E-state index in [1.54, 1.807) is 30.3 Å². The quantitative estimate of drug-likeness (QED) is 0.119. The van der Waals surface area contributed by atoms with Gasteiger partial charge < -0.3 is 36.4 Å². The summed E-state index contributed by atoms with van der Waals surface area (Å²) in [5.41, 5.74) is 0.722. The molecule has 2 atom stereocenters. The van der Waals surface area contributed by atoms with E-state index in [4.69, 9.17) is 9.84 Å². The maximum atomic E-state index is 12.6. The molecule has 0 aliphatic carbocycles. The Hall–Kier alpha value is -4.36. The lowest BCUT2D eigenvalue weighted by Gasteiger charge is -2.20. The van der Waals surface area contributed by atoms with Crippen molar-refractivity contribution in [1.82, 2.24) is 31.5 Å². The molecule has 1 aromatic rings. The number of ether oxygens (including phenoxy) is 1. The van der Waals surface area contributed by atoms with E-state index in [-0.39, 0.29) is 6.61 Å². The molecule has 0 bridgehead atoms. The lowest BCUT2D eigenvalue weighted by Crippen LogP contribution is -2.52. The highest BCUT2D eigenvalue weighted by Gasteiger charge is 2.38. The molecule has 6 N–H and O–H groups in total. The van der Waals surface area contributed by atoms with E-state index in [9.17, 15) is 24.0 Å². The Balaban J connectivity index is 1.44. The van der Waals surface area contributed by atoms with Crippen LogP contribution in [0.25, 0.3) is 0 Å². The van der Waals surface area contributed by atoms with Crippen molar-refractivity contribution in [3.63, 3.8) is 0 Å². The molecule has 1 saturated heterocycles. The third-order valence-corrected chi connectivity index (χ3v) is 5.26. The minimum atomic E-state index is -1.31. The fourth-order valence-electron chi connectivity index (χ4n) is 3.55. The number of aliphatic imine (C=N–C) groups is 1. The second kappa shape index (κ2) is 12.9. The third kappa shape index (κ3) is 8.14. The largest absolute Gasteiger partial charge is 0.481 e. The molecule has 2 aliphatic heterocycles. The van der Waals surface area contributed by atoms with Crippen molar-refractivity contribution in [2.45, 2.75) is 38.1 Å². The number of alkyl carbamates (subject to hydrolysis) is 1. The number of aliphatic carboxylic acids is 1. The number of benzene rings is 1. The summed E-state index contributed by atoms with van der Waals surface area (Å²) in [5.74, 6) is -1.97. The lowest BCUT2D eigenvalue weighted by molar-refractivity contribution is -0.138. The number of hydrogen-bond donors (Lipinski definition) is 6. The second-order valence-electron chi connectivity index (χ2n) is 8.08. The van der Waals surface area contributed by atoms with Crippen LogP contribution in [0.3, 0.4) is 0 Å². The van der Waals surface area contributed by atoms with Crippen LogP contribution < -0.4 is 26.6 Å². The molecular formula is C22H29N7O7. The van der Waals surface area contributed by atoms with Crippen molar-refractivity contribution in [1.29, 1.82) is 0 Å². The molecule has 14 nitrogen and oxygen atoms in total. The van der Waals surface area contributed by atoms with E-state index in [1.165, 1.54) is 0 Å². The number of carboxylic acids is 1. The van der Waals surface area contributed by atoms with Crippen LogP contribution in [0.5, 0.6) is 0 Å². The van der Waals surface area contributed by atoms with E-state index in [2.05, 4.69) is 31.6 Å². The van der Waals surface area contributed by atoms with E-state index in [0.29, 0.717) is 31.9 Å². The highest BCUT2D eigenvalue weighted by Crippen LogP contribution is 2.11. The number of imide groups is 1. The smallest absolute Gasteiger partial charge is 0.409 e. The van der Waals surface area contributed by atoms with Gasteiger partial charge in [-0.2, -0.15) is 0 Å². The van der Waals surface area contributed by atoms with Gasteiger partial charge in [0.25, 0.3) is 5.91 Å².